The van der Waals surface area contributed by atoms with Gasteiger partial charge < -0.3 is 9.80 Å². The first-order valence-electron chi connectivity index (χ1n) is 4.68. The van der Waals surface area contributed by atoms with Gasteiger partial charge in [0.15, 0.2) is 5.96 Å². The summed E-state index contributed by atoms with van der Waals surface area (Å²) in [6.07, 6.45) is 4.53. The third kappa shape index (κ3) is 4.12. The maximum atomic E-state index is 4.56. The lowest BCUT2D eigenvalue weighted by atomic mass is 10.2. The molecule has 3 heteroatoms. The van der Waals surface area contributed by atoms with Gasteiger partial charge in [-0.1, -0.05) is 12.2 Å². The molecule has 0 aliphatic heterocycles. The summed E-state index contributed by atoms with van der Waals surface area (Å²) in [6.45, 7) is 7.46. The second-order valence-electron chi connectivity index (χ2n) is 3.55. The summed E-state index contributed by atoms with van der Waals surface area (Å²) in [4.78, 5) is 8.53. The van der Waals surface area contributed by atoms with Crippen molar-refractivity contribution in [2.75, 3.05) is 28.2 Å². The number of nitrogens with zero attached hydrogens (tertiary/aromatic N) is 3. The van der Waals surface area contributed by atoms with E-state index in [1.165, 1.54) is 0 Å². The summed E-state index contributed by atoms with van der Waals surface area (Å²) in [7, 11) is 7.92. The summed E-state index contributed by atoms with van der Waals surface area (Å²) in [5.41, 5.74) is 0. The van der Waals surface area contributed by atoms with Crippen molar-refractivity contribution in [1.82, 2.24) is 9.80 Å². The number of hydrogen-bond acceptors (Lipinski definition) is 1. The molecule has 14 heavy (non-hydrogen) atoms. The third-order valence-electron chi connectivity index (χ3n) is 1.76. The van der Waals surface area contributed by atoms with Crippen LogP contribution in [0.1, 0.15) is 6.42 Å². The van der Waals surface area contributed by atoms with Crippen LogP contribution in [0.3, 0.4) is 0 Å². The van der Waals surface area contributed by atoms with Crippen molar-refractivity contribution in [3.8, 4) is 0 Å². The van der Waals surface area contributed by atoms with Crippen LogP contribution in [-0.4, -0.2) is 50.0 Å². The van der Waals surface area contributed by atoms with Gasteiger partial charge in [-0.25, -0.2) is 4.99 Å². The summed E-state index contributed by atoms with van der Waals surface area (Å²) in [5, 5.41) is 0. The van der Waals surface area contributed by atoms with Crippen molar-refractivity contribution in [3.05, 3.63) is 25.3 Å². The van der Waals surface area contributed by atoms with Crippen molar-refractivity contribution < 1.29 is 0 Å². The van der Waals surface area contributed by atoms with E-state index in [-0.39, 0.29) is 6.04 Å². The van der Waals surface area contributed by atoms with Crippen molar-refractivity contribution in [2.45, 2.75) is 12.5 Å². The highest BCUT2D eigenvalue weighted by Crippen LogP contribution is 2.02. The average Bonchev–Trinajstić information content (AvgIpc) is 2.10. The molecular formula is C11H21N3. The van der Waals surface area contributed by atoms with Crippen molar-refractivity contribution in [3.63, 3.8) is 0 Å². The topological polar surface area (TPSA) is 18.8 Å². The SMILES string of the molecule is C=CCC(C=C)N=C(N(C)C)N(C)C. The fourth-order valence-electron chi connectivity index (χ4n) is 1.15. The molecule has 0 bridgehead atoms. The van der Waals surface area contributed by atoms with Gasteiger partial charge in [-0.05, 0) is 6.42 Å². The molecule has 1 atom stereocenters. The first kappa shape index (κ1) is 12.8. The van der Waals surface area contributed by atoms with Gasteiger partial charge in [0, 0.05) is 28.2 Å². The van der Waals surface area contributed by atoms with E-state index in [9.17, 15) is 0 Å². The van der Waals surface area contributed by atoms with E-state index >= 15 is 0 Å². The smallest absolute Gasteiger partial charge is 0.196 e. The predicted molar refractivity (Wildman–Crippen MR) is 63.6 cm³/mol. The van der Waals surface area contributed by atoms with E-state index in [4.69, 9.17) is 0 Å². The predicted octanol–water partition coefficient (Wildman–Crippen LogP) is 1.60. The summed E-state index contributed by atoms with van der Waals surface area (Å²) in [6, 6.07) is 0.118. The van der Waals surface area contributed by atoms with Gasteiger partial charge in [-0.15, -0.1) is 13.2 Å². The molecule has 80 valence electrons. The average molecular weight is 195 g/mol. The van der Waals surface area contributed by atoms with Crippen LogP contribution in [0.25, 0.3) is 0 Å². The largest absolute Gasteiger partial charge is 0.349 e. The summed E-state index contributed by atoms with van der Waals surface area (Å²) < 4.78 is 0. The van der Waals surface area contributed by atoms with Crippen LogP contribution < -0.4 is 0 Å². The number of guanidine groups is 1. The minimum Gasteiger partial charge on any atom is -0.349 e. The standard InChI is InChI=1S/C11H21N3/c1-7-9-10(8-2)12-11(13(3)4)14(5)6/h7-8,10H,1-2,9H2,3-6H3. The zero-order valence-electron chi connectivity index (χ0n) is 9.70. The molecule has 0 saturated carbocycles. The van der Waals surface area contributed by atoms with Gasteiger partial charge >= 0.3 is 0 Å². The fraction of sp³-hybridized carbons (Fsp3) is 0.545. The fourth-order valence-corrected chi connectivity index (χ4v) is 1.15. The van der Waals surface area contributed by atoms with Gasteiger partial charge in [0.25, 0.3) is 0 Å². The number of aliphatic imine (C=N–C) groups is 1. The Morgan fingerprint density at radius 1 is 1.21 bits per heavy atom. The number of hydrogen-bond donors (Lipinski definition) is 0. The van der Waals surface area contributed by atoms with Gasteiger partial charge in [-0.2, -0.15) is 0 Å². The van der Waals surface area contributed by atoms with Crippen LogP contribution in [0.2, 0.25) is 0 Å². The normalized spacial score (nSPS) is 11.4. The second-order valence-corrected chi connectivity index (χ2v) is 3.55. The Kier molecular flexibility index (Phi) is 5.68. The summed E-state index contributed by atoms with van der Waals surface area (Å²) in [5.74, 6) is 0.941. The Balaban J connectivity index is 4.67. The van der Waals surface area contributed by atoms with Gasteiger partial charge in [0.1, 0.15) is 0 Å². The maximum absolute atomic E-state index is 4.56. The molecule has 3 nitrogen and oxygen atoms in total. The lowest BCUT2D eigenvalue weighted by molar-refractivity contribution is 0.476. The van der Waals surface area contributed by atoms with Gasteiger partial charge in [-0.3, -0.25) is 0 Å². The van der Waals surface area contributed by atoms with E-state index in [1.54, 1.807) is 0 Å². The molecule has 0 aliphatic rings. The molecule has 0 aliphatic carbocycles. The van der Waals surface area contributed by atoms with E-state index in [1.807, 2.05) is 50.1 Å². The second kappa shape index (κ2) is 6.24. The Morgan fingerprint density at radius 3 is 2.00 bits per heavy atom. The molecule has 0 fully saturated rings. The van der Waals surface area contributed by atoms with Crippen LogP contribution in [0.15, 0.2) is 30.3 Å². The van der Waals surface area contributed by atoms with Crippen molar-refractivity contribution >= 4 is 5.96 Å². The quantitative estimate of drug-likeness (QED) is 0.385. The highest BCUT2D eigenvalue weighted by molar-refractivity contribution is 5.79. The van der Waals surface area contributed by atoms with E-state index in [0.29, 0.717) is 0 Å². The van der Waals surface area contributed by atoms with Crippen LogP contribution in [0.5, 0.6) is 0 Å². The van der Waals surface area contributed by atoms with E-state index < -0.39 is 0 Å². The lowest BCUT2D eigenvalue weighted by Gasteiger charge is -2.24. The van der Waals surface area contributed by atoms with Crippen LogP contribution in [0, 0.1) is 0 Å². The zero-order valence-corrected chi connectivity index (χ0v) is 9.70. The highest BCUT2D eigenvalue weighted by atomic mass is 15.3. The molecule has 0 amide bonds. The van der Waals surface area contributed by atoms with E-state index in [0.717, 1.165) is 12.4 Å². The van der Waals surface area contributed by atoms with Crippen LogP contribution >= 0.6 is 0 Å². The van der Waals surface area contributed by atoms with Crippen molar-refractivity contribution in [2.24, 2.45) is 4.99 Å². The zero-order chi connectivity index (χ0) is 11.1. The minimum atomic E-state index is 0.118. The monoisotopic (exact) mass is 195 g/mol. The molecule has 0 aromatic rings. The highest BCUT2D eigenvalue weighted by Gasteiger charge is 2.07. The number of rotatable bonds is 4. The Hall–Kier alpha value is -1.25. The molecule has 0 aromatic carbocycles. The molecule has 0 saturated heterocycles. The third-order valence-corrected chi connectivity index (χ3v) is 1.76. The molecule has 0 aromatic heterocycles. The maximum Gasteiger partial charge on any atom is 0.196 e. The Labute approximate surface area is 87.4 Å². The van der Waals surface area contributed by atoms with Crippen molar-refractivity contribution in [1.29, 1.82) is 0 Å². The molecular weight excluding hydrogens is 174 g/mol. The van der Waals surface area contributed by atoms with E-state index in [2.05, 4.69) is 18.2 Å². The molecule has 0 N–H and O–H groups in total. The molecule has 0 rings (SSSR count). The first-order chi connectivity index (χ1) is 6.52. The first-order valence-corrected chi connectivity index (χ1v) is 4.68. The molecule has 0 heterocycles. The Morgan fingerprint density at radius 2 is 1.71 bits per heavy atom. The Bertz CT molecular complexity index is 207. The minimum absolute atomic E-state index is 0.118. The lowest BCUT2D eigenvalue weighted by Crippen LogP contribution is -2.36. The van der Waals surface area contributed by atoms with Gasteiger partial charge in [0.05, 0.1) is 6.04 Å². The summed E-state index contributed by atoms with van der Waals surface area (Å²) >= 11 is 0. The molecule has 0 spiro atoms. The van der Waals surface area contributed by atoms with Gasteiger partial charge in [0.2, 0.25) is 0 Å². The van der Waals surface area contributed by atoms with Crippen LogP contribution in [-0.2, 0) is 0 Å². The molecule has 0 radical (unpaired) electrons. The molecule has 1 unspecified atom stereocenters. The van der Waals surface area contributed by atoms with Crippen LogP contribution in [0.4, 0.5) is 0 Å².